The highest BCUT2D eigenvalue weighted by Crippen LogP contribution is 2.55. The lowest BCUT2D eigenvalue weighted by molar-refractivity contribution is -0.0252. The molecule has 2 aromatic carbocycles. The summed E-state index contributed by atoms with van der Waals surface area (Å²) in [5.41, 5.74) is 2.45. The predicted molar refractivity (Wildman–Crippen MR) is 132 cm³/mol. The van der Waals surface area contributed by atoms with Gasteiger partial charge in [-0.25, -0.2) is 0 Å². The summed E-state index contributed by atoms with van der Waals surface area (Å²) >= 11 is 12.5. The molecule has 1 heterocycles. The second-order valence-corrected chi connectivity index (χ2v) is 11.0. The van der Waals surface area contributed by atoms with Crippen molar-refractivity contribution in [2.75, 3.05) is 6.54 Å². The molecule has 0 radical (unpaired) electrons. The topological polar surface area (TPSA) is 37.2 Å². The maximum absolute atomic E-state index is 11.0. The lowest BCUT2D eigenvalue weighted by Crippen LogP contribution is -2.59. The summed E-state index contributed by atoms with van der Waals surface area (Å²) in [6.45, 7) is 1.21. The quantitative estimate of drug-likeness (QED) is 0.442. The molecule has 1 aromatic heterocycles. The molecule has 0 amide bonds. The van der Waals surface area contributed by atoms with Gasteiger partial charge in [-0.2, -0.15) is 0 Å². The van der Waals surface area contributed by atoms with Gasteiger partial charge in [-0.05, 0) is 92.7 Å². The Bertz CT molecular complexity index is 1030. The van der Waals surface area contributed by atoms with E-state index in [4.69, 9.17) is 23.2 Å². The fourth-order valence-corrected chi connectivity index (χ4v) is 7.53. The molecular formula is C25H29Cl3N2O. The molecule has 4 aliphatic carbocycles. The van der Waals surface area contributed by atoms with Gasteiger partial charge < -0.3 is 15.0 Å². The molecule has 1 atom stereocenters. The summed E-state index contributed by atoms with van der Waals surface area (Å²) in [7, 11) is 0. The minimum Gasteiger partial charge on any atom is -0.390 e. The zero-order chi connectivity index (χ0) is 20.5. The van der Waals surface area contributed by atoms with Crippen molar-refractivity contribution in [3.63, 3.8) is 0 Å². The summed E-state index contributed by atoms with van der Waals surface area (Å²) in [5.74, 6) is 2.73. The normalized spacial score (nSPS) is 30.1. The van der Waals surface area contributed by atoms with E-state index in [1.165, 1.54) is 38.5 Å². The largest absolute Gasteiger partial charge is 0.390 e. The Balaban J connectivity index is 0.00000204. The maximum Gasteiger partial charge on any atom is 0.0843 e. The maximum atomic E-state index is 11.0. The molecular weight excluding hydrogens is 451 g/mol. The molecule has 1 unspecified atom stereocenters. The molecule has 3 aromatic rings. The third-order valence-corrected chi connectivity index (χ3v) is 8.40. The standard InChI is InChI=1S/C25H28Cl2N2O.ClH/c26-18-1-3-23-21(8-18)22-9-19(27)2-4-24(22)29(23)14-20(30)13-28-25-10-15-5-16(11-25)7-17(6-15)12-25;/h1-4,8-9,15-17,20,28,30H,5-7,10-14H2;1H. The number of fused-ring (bicyclic) bond motifs is 3. The van der Waals surface area contributed by atoms with Crippen LogP contribution in [0.1, 0.15) is 38.5 Å². The van der Waals surface area contributed by atoms with E-state index in [1.54, 1.807) is 0 Å². The molecule has 4 fully saturated rings. The van der Waals surface area contributed by atoms with Crippen molar-refractivity contribution < 1.29 is 5.11 Å². The molecule has 2 N–H and O–H groups in total. The zero-order valence-electron chi connectivity index (χ0n) is 17.5. The van der Waals surface area contributed by atoms with E-state index < -0.39 is 6.10 Å². The number of hydrogen-bond donors (Lipinski definition) is 2. The van der Waals surface area contributed by atoms with Crippen LogP contribution in [0.15, 0.2) is 36.4 Å². The van der Waals surface area contributed by atoms with Crippen molar-refractivity contribution in [2.24, 2.45) is 17.8 Å². The van der Waals surface area contributed by atoms with Crippen molar-refractivity contribution in [1.82, 2.24) is 9.88 Å². The van der Waals surface area contributed by atoms with Crippen molar-refractivity contribution >= 4 is 57.4 Å². The van der Waals surface area contributed by atoms with E-state index in [0.717, 1.165) is 39.6 Å². The lowest BCUT2D eigenvalue weighted by Gasteiger charge is -2.57. The van der Waals surface area contributed by atoms with E-state index in [0.29, 0.717) is 23.1 Å². The first-order chi connectivity index (χ1) is 14.5. The minimum atomic E-state index is -0.442. The summed E-state index contributed by atoms with van der Waals surface area (Å²) in [4.78, 5) is 0. The highest BCUT2D eigenvalue weighted by Gasteiger charge is 2.50. The van der Waals surface area contributed by atoms with Gasteiger partial charge in [-0.1, -0.05) is 23.2 Å². The second kappa shape index (κ2) is 8.11. The fourth-order valence-electron chi connectivity index (χ4n) is 7.18. The van der Waals surface area contributed by atoms with Gasteiger partial charge >= 0.3 is 0 Å². The molecule has 7 rings (SSSR count). The van der Waals surface area contributed by atoms with Gasteiger partial charge in [0.2, 0.25) is 0 Å². The number of hydrogen-bond acceptors (Lipinski definition) is 2. The second-order valence-electron chi connectivity index (χ2n) is 10.2. The molecule has 166 valence electrons. The SMILES string of the molecule is Cl.OC(CNC12CC3CC(CC(C3)C1)C2)Cn1c2ccc(Cl)cc2c2cc(Cl)ccc21. The van der Waals surface area contributed by atoms with Crippen molar-refractivity contribution in [2.45, 2.75) is 56.7 Å². The number of nitrogens with one attached hydrogen (secondary N) is 1. The number of aliphatic hydroxyl groups excluding tert-OH is 1. The van der Waals surface area contributed by atoms with Gasteiger partial charge in [0.1, 0.15) is 0 Å². The van der Waals surface area contributed by atoms with Crippen LogP contribution in [-0.2, 0) is 6.54 Å². The third-order valence-electron chi connectivity index (χ3n) is 7.93. The Morgan fingerprint density at radius 1 is 0.903 bits per heavy atom. The zero-order valence-corrected chi connectivity index (χ0v) is 19.8. The molecule has 4 saturated carbocycles. The van der Waals surface area contributed by atoms with Gasteiger partial charge in [-0.15, -0.1) is 12.4 Å². The van der Waals surface area contributed by atoms with E-state index in [2.05, 4.69) is 9.88 Å². The van der Waals surface area contributed by atoms with E-state index >= 15 is 0 Å². The lowest BCUT2D eigenvalue weighted by atomic mass is 9.53. The van der Waals surface area contributed by atoms with Crippen LogP contribution in [0.3, 0.4) is 0 Å². The summed E-state index contributed by atoms with van der Waals surface area (Å²) in [5, 5.41) is 18.5. The molecule has 31 heavy (non-hydrogen) atoms. The Hall–Kier alpha value is -0.970. The van der Waals surface area contributed by atoms with Crippen LogP contribution >= 0.6 is 35.6 Å². The van der Waals surface area contributed by atoms with Crippen LogP contribution in [0.2, 0.25) is 10.0 Å². The Morgan fingerprint density at radius 2 is 1.39 bits per heavy atom. The number of β-amino-alcohol motifs (C(OH)–C–C–N with tert-alkyl or cyclic N) is 1. The first kappa shape index (κ1) is 21.9. The Morgan fingerprint density at radius 3 is 1.87 bits per heavy atom. The summed E-state index contributed by atoms with van der Waals surface area (Å²) in [6.07, 6.45) is 7.79. The molecule has 0 aliphatic heterocycles. The van der Waals surface area contributed by atoms with Gasteiger partial charge in [0, 0.05) is 43.9 Å². The molecule has 0 spiro atoms. The number of nitrogens with zero attached hydrogens (tertiary/aromatic N) is 1. The number of aliphatic hydroxyl groups is 1. The monoisotopic (exact) mass is 478 g/mol. The minimum absolute atomic E-state index is 0. The molecule has 4 bridgehead atoms. The Kier molecular flexibility index (Phi) is 5.72. The summed E-state index contributed by atoms with van der Waals surface area (Å²) in [6, 6.07) is 11.9. The first-order valence-corrected chi connectivity index (χ1v) is 12.0. The van der Waals surface area contributed by atoms with Gasteiger partial charge in [-0.3, -0.25) is 0 Å². The van der Waals surface area contributed by atoms with Crippen LogP contribution in [0.5, 0.6) is 0 Å². The molecule has 4 aliphatic rings. The number of aromatic nitrogens is 1. The van der Waals surface area contributed by atoms with Gasteiger partial charge in [0.25, 0.3) is 0 Å². The van der Waals surface area contributed by atoms with Gasteiger partial charge in [0.05, 0.1) is 12.6 Å². The van der Waals surface area contributed by atoms with E-state index in [9.17, 15) is 5.11 Å². The number of halogens is 3. The predicted octanol–water partition coefficient (Wildman–Crippen LogP) is 6.44. The summed E-state index contributed by atoms with van der Waals surface area (Å²) < 4.78 is 2.21. The fraction of sp³-hybridized carbons (Fsp3) is 0.520. The van der Waals surface area contributed by atoms with Crippen LogP contribution < -0.4 is 5.32 Å². The van der Waals surface area contributed by atoms with Crippen molar-refractivity contribution in [3.8, 4) is 0 Å². The van der Waals surface area contributed by atoms with E-state index in [-0.39, 0.29) is 17.9 Å². The molecule has 3 nitrogen and oxygen atoms in total. The van der Waals surface area contributed by atoms with Crippen LogP contribution in [0.4, 0.5) is 0 Å². The smallest absolute Gasteiger partial charge is 0.0843 e. The van der Waals surface area contributed by atoms with Crippen molar-refractivity contribution in [1.29, 1.82) is 0 Å². The number of rotatable bonds is 5. The van der Waals surface area contributed by atoms with Crippen LogP contribution in [0.25, 0.3) is 21.8 Å². The Labute approximate surface area is 199 Å². The van der Waals surface area contributed by atoms with Crippen LogP contribution in [-0.4, -0.2) is 27.9 Å². The van der Waals surface area contributed by atoms with Crippen LogP contribution in [0, 0.1) is 17.8 Å². The van der Waals surface area contributed by atoms with Gasteiger partial charge in [0.15, 0.2) is 0 Å². The number of benzene rings is 2. The third kappa shape index (κ3) is 3.87. The average Bonchev–Trinajstić information content (AvgIpc) is 2.98. The highest BCUT2D eigenvalue weighted by atomic mass is 35.5. The highest BCUT2D eigenvalue weighted by molar-refractivity contribution is 6.33. The average molecular weight is 480 g/mol. The van der Waals surface area contributed by atoms with E-state index in [1.807, 2.05) is 36.4 Å². The first-order valence-electron chi connectivity index (χ1n) is 11.3. The van der Waals surface area contributed by atoms with Crippen molar-refractivity contribution in [3.05, 3.63) is 46.4 Å². The molecule has 6 heteroatoms. The molecule has 0 saturated heterocycles.